The number of unbranched alkanes of at least 4 members (excludes halogenated alkanes) is 1. The van der Waals surface area contributed by atoms with E-state index >= 15 is 0 Å². The van der Waals surface area contributed by atoms with Gasteiger partial charge in [-0.15, -0.1) is 0 Å². The highest BCUT2D eigenvalue weighted by Gasteiger charge is 2.33. The number of nitrogens with zero attached hydrogens (tertiary/aromatic N) is 2. The Labute approximate surface area is 161 Å². The molecule has 0 atom stereocenters. The number of piperidine rings is 1. The quantitative estimate of drug-likeness (QED) is 0.433. The first-order valence-electron chi connectivity index (χ1n) is 8.82. The second-order valence-electron chi connectivity index (χ2n) is 6.25. The first-order chi connectivity index (χ1) is 13.1. The van der Waals surface area contributed by atoms with Crippen LogP contribution in [-0.4, -0.2) is 44.2 Å². The number of benzene rings is 1. The number of halogens is 3. The van der Waals surface area contributed by atoms with Crippen LogP contribution in [0.3, 0.4) is 0 Å². The number of amides is 1. The summed E-state index contributed by atoms with van der Waals surface area (Å²) in [6.45, 7) is 2.54. The largest absolute Gasteiger partial charge is 0.433 e. The molecule has 1 heterocycles. The van der Waals surface area contributed by atoms with Gasteiger partial charge in [0.1, 0.15) is 0 Å². The number of sulfonamides is 1. The van der Waals surface area contributed by atoms with Crippen molar-refractivity contribution in [2.75, 3.05) is 19.6 Å². The summed E-state index contributed by atoms with van der Waals surface area (Å²) in [6, 6.07) is 3.65. The monoisotopic (exact) mass is 421 g/mol. The minimum Gasteiger partial charge on any atom is -0.320 e. The van der Waals surface area contributed by atoms with Gasteiger partial charge >= 0.3 is 12.3 Å². The maximum atomic E-state index is 12.8. The molecule has 1 aliphatic rings. The summed E-state index contributed by atoms with van der Waals surface area (Å²) in [7, 11) is -4.06. The standard InChI is InChI=1S/C17H22F3N3O4S/c1-2-3-9-21-16(24)27-22-14-7-10-23(11-8-14)28(25,26)15-6-4-5-13(12-15)17(18,19)20/h4-6,12H,2-3,7-11H2,1H3,(H,21,24). The summed E-state index contributed by atoms with van der Waals surface area (Å²) in [5.74, 6) is 0. The fraction of sp³-hybridized carbons (Fsp3) is 0.529. The molecule has 0 spiro atoms. The van der Waals surface area contributed by atoms with E-state index in [2.05, 4.69) is 10.5 Å². The molecule has 1 saturated heterocycles. The predicted molar refractivity (Wildman–Crippen MR) is 96.3 cm³/mol. The molecule has 1 N–H and O–H groups in total. The molecule has 1 aliphatic heterocycles. The van der Waals surface area contributed by atoms with E-state index in [1.54, 1.807) is 0 Å². The van der Waals surface area contributed by atoms with Gasteiger partial charge in [-0.25, -0.2) is 13.2 Å². The number of oxime groups is 1. The van der Waals surface area contributed by atoms with E-state index in [1.165, 1.54) is 0 Å². The van der Waals surface area contributed by atoms with Crippen molar-refractivity contribution < 1.29 is 31.2 Å². The third kappa shape index (κ3) is 5.93. The Kier molecular flexibility index (Phi) is 7.41. The van der Waals surface area contributed by atoms with Crippen molar-refractivity contribution in [3.05, 3.63) is 29.8 Å². The second-order valence-corrected chi connectivity index (χ2v) is 8.18. The molecule has 1 aromatic rings. The number of hydrogen-bond donors (Lipinski definition) is 1. The van der Waals surface area contributed by atoms with E-state index in [0.717, 1.165) is 35.3 Å². The Morgan fingerprint density at radius 2 is 1.96 bits per heavy atom. The molecule has 2 rings (SSSR count). The summed E-state index contributed by atoms with van der Waals surface area (Å²) in [5, 5.41) is 6.26. The van der Waals surface area contributed by atoms with Gasteiger partial charge in [0, 0.05) is 32.5 Å². The minimum atomic E-state index is -4.62. The van der Waals surface area contributed by atoms with E-state index < -0.39 is 32.8 Å². The van der Waals surface area contributed by atoms with Crippen LogP contribution in [0.2, 0.25) is 0 Å². The Morgan fingerprint density at radius 3 is 2.57 bits per heavy atom. The highest BCUT2D eigenvalue weighted by Crippen LogP contribution is 2.31. The van der Waals surface area contributed by atoms with Crippen molar-refractivity contribution in [1.82, 2.24) is 9.62 Å². The number of hydrogen-bond acceptors (Lipinski definition) is 5. The third-order valence-corrected chi connectivity index (χ3v) is 6.05. The minimum absolute atomic E-state index is 0.0399. The van der Waals surface area contributed by atoms with Gasteiger partial charge in [-0.2, -0.15) is 17.5 Å². The molecule has 0 aliphatic carbocycles. The Bertz CT molecular complexity index is 815. The van der Waals surface area contributed by atoms with Gasteiger partial charge < -0.3 is 5.32 Å². The van der Waals surface area contributed by atoms with Crippen LogP contribution >= 0.6 is 0 Å². The van der Waals surface area contributed by atoms with E-state index in [-0.39, 0.29) is 25.9 Å². The highest BCUT2D eigenvalue weighted by atomic mass is 32.2. The van der Waals surface area contributed by atoms with Crippen LogP contribution < -0.4 is 5.32 Å². The Morgan fingerprint density at radius 1 is 1.29 bits per heavy atom. The maximum absolute atomic E-state index is 12.8. The summed E-state index contributed by atoms with van der Waals surface area (Å²) < 4.78 is 64.8. The summed E-state index contributed by atoms with van der Waals surface area (Å²) in [6.07, 6.45) is -3.12. The van der Waals surface area contributed by atoms with Crippen molar-refractivity contribution >= 4 is 21.8 Å². The molecule has 0 unspecified atom stereocenters. The van der Waals surface area contributed by atoms with Gasteiger partial charge in [-0.05, 0) is 24.6 Å². The molecule has 0 aromatic heterocycles. The van der Waals surface area contributed by atoms with Gasteiger partial charge in [-0.3, -0.25) is 4.84 Å². The van der Waals surface area contributed by atoms with Crippen LogP contribution in [-0.2, 0) is 21.0 Å². The van der Waals surface area contributed by atoms with Crippen LogP contribution in [0.5, 0.6) is 0 Å². The lowest BCUT2D eigenvalue weighted by molar-refractivity contribution is -0.137. The van der Waals surface area contributed by atoms with Gasteiger partial charge in [0.2, 0.25) is 10.0 Å². The molecule has 7 nitrogen and oxygen atoms in total. The van der Waals surface area contributed by atoms with Crippen molar-refractivity contribution in [3.8, 4) is 0 Å². The maximum Gasteiger partial charge on any atom is 0.433 e. The summed E-state index contributed by atoms with van der Waals surface area (Å²) in [4.78, 5) is 15.8. The molecule has 28 heavy (non-hydrogen) atoms. The van der Waals surface area contributed by atoms with Crippen LogP contribution in [0.1, 0.15) is 38.2 Å². The molecule has 11 heteroatoms. The normalized spacial score (nSPS) is 15.9. The number of alkyl halides is 3. The molecule has 1 aromatic carbocycles. The fourth-order valence-electron chi connectivity index (χ4n) is 2.56. The van der Waals surface area contributed by atoms with Gasteiger partial charge in [0.15, 0.2) is 0 Å². The number of carbonyl (C=O) groups excluding carboxylic acids is 1. The molecule has 0 saturated carbocycles. The van der Waals surface area contributed by atoms with E-state index in [0.29, 0.717) is 18.3 Å². The van der Waals surface area contributed by atoms with Crippen LogP contribution in [0.15, 0.2) is 34.3 Å². The van der Waals surface area contributed by atoms with Crippen LogP contribution in [0.25, 0.3) is 0 Å². The molecular formula is C17H22F3N3O4S. The van der Waals surface area contributed by atoms with Crippen molar-refractivity contribution in [1.29, 1.82) is 0 Å². The zero-order valence-electron chi connectivity index (χ0n) is 15.3. The number of carbonyl (C=O) groups is 1. The second kappa shape index (κ2) is 9.37. The van der Waals surface area contributed by atoms with Gasteiger partial charge in [0.25, 0.3) is 0 Å². The zero-order chi connectivity index (χ0) is 20.8. The van der Waals surface area contributed by atoms with Crippen molar-refractivity contribution in [2.24, 2.45) is 5.16 Å². The lowest BCUT2D eigenvalue weighted by atomic mass is 10.1. The molecule has 0 radical (unpaired) electrons. The zero-order valence-corrected chi connectivity index (χ0v) is 16.1. The van der Waals surface area contributed by atoms with Gasteiger partial charge in [-0.1, -0.05) is 24.6 Å². The lowest BCUT2D eigenvalue weighted by Crippen LogP contribution is -2.39. The molecular weight excluding hydrogens is 399 g/mol. The summed E-state index contributed by atoms with van der Waals surface area (Å²) >= 11 is 0. The Hall–Kier alpha value is -2.14. The number of nitrogens with one attached hydrogen (secondary N) is 1. The van der Waals surface area contributed by atoms with Gasteiger partial charge in [0.05, 0.1) is 16.2 Å². The first kappa shape index (κ1) is 22.2. The van der Waals surface area contributed by atoms with E-state index in [9.17, 15) is 26.4 Å². The Balaban J connectivity index is 1.97. The van der Waals surface area contributed by atoms with Crippen molar-refractivity contribution in [2.45, 2.75) is 43.7 Å². The third-order valence-electron chi connectivity index (χ3n) is 4.16. The number of rotatable bonds is 6. The van der Waals surface area contributed by atoms with E-state index in [1.807, 2.05) is 6.92 Å². The topological polar surface area (TPSA) is 88.1 Å². The van der Waals surface area contributed by atoms with Crippen LogP contribution in [0, 0.1) is 0 Å². The SMILES string of the molecule is CCCCNC(=O)ON=C1CCN(S(=O)(=O)c2cccc(C(F)(F)F)c2)CC1. The smallest absolute Gasteiger partial charge is 0.320 e. The van der Waals surface area contributed by atoms with Crippen LogP contribution in [0.4, 0.5) is 18.0 Å². The average molecular weight is 421 g/mol. The lowest BCUT2D eigenvalue weighted by Gasteiger charge is -2.26. The van der Waals surface area contributed by atoms with E-state index in [4.69, 9.17) is 4.84 Å². The van der Waals surface area contributed by atoms with Crippen molar-refractivity contribution in [3.63, 3.8) is 0 Å². The first-order valence-corrected chi connectivity index (χ1v) is 10.3. The molecule has 156 valence electrons. The highest BCUT2D eigenvalue weighted by molar-refractivity contribution is 7.89. The molecule has 1 fully saturated rings. The fourth-order valence-corrected chi connectivity index (χ4v) is 4.05. The molecule has 1 amide bonds. The molecule has 0 bridgehead atoms. The predicted octanol–water partition coefficient (Wildman–Crippen LogP) is 3.37. The average Bonchev–Trinajstić information content (AvgIpc) is 2.66. The summed E-state index contributed by atoms with van der Waals surface area (Å²) in [5.41, 5.74) is -0.503.